The van der Waals surface area contributed by atoms with Crippen molar-refractivity contribution in [3.63, 3.8) is 0 Å². The molecule has 1 heterocycles. The summed E-state index contributed by atoms with van der Waals surface area (Å²) in [5, 5.41) is 12.3. The molecule has 102 valence electrons. The van der Waals surface area contributed by atoms with Crippen LogP contribution in [0, 0.1) is 5.92 Å². The molecule has 4 N–H and O–H groups in total. The number of carboxylic acids is 1. The normalized spacial score (nSPS) is 22.7. The van der Waals surface area contributed by atoms with Crippen LogP contribution in [-0.4, -0.2) is 28.0 Å². The van der Waals surface area contributed by atoms with Crippen molar-refractivity contribution < 1.29 is 14.7 Å². The molecule has 1 aromatic rings. The van der Waals surface area contributed by atoms with Crippen molar-refractivity contribution in [1.82, 2.24) is 4.98 Å². The number of rotatable bonds is 4. The van der Waals surface area contributed by atoms with Crippen molar-refractivity contribution in [2.45, 2.75) is 31.7 Å². The molecule has 0 aliphatic heterocycles. The SMILES string of the molecule is NC(=O)c1cccc(NC2CCCCC2C(=O)O)n1. The maximum atomic E-state index is 11.2. The lowest BCUT2D eigenvalue weighted by molar-refractivity contribution is -0.143. The van der Waals surface area contributed by atoms with Crippen LogP contribution in [0.15, 0.2) is 18.2 Å². The lowest BCUT2D eigenvalue weighted by atomic mass is 9.84. The van der Waals surface area contributed by atoms with Crippen LogP contribution in [0.2, 0.25) is 0 Å². The Kier molecular flexibility index (Phi) is 3.99. The van der Waals surface area contributed by atoms with Gasteiger partial charge in [-0.3, -0.25) is 9.59 Å². The molecule has 1 aliphatic carbocycles. The molecule has 1 amide bonds. The molecule has 2 atom stereocenters. The molecule has 6 heteroatoms. The largest absolute Gasteiger partial charge is 0.481 e. The van der Waals surface area contributed by atoms with Gasteiger partial charge in [0.05, 0.1) is 5.92 Å². The van der Waals surface area contributed by atoms with E-state index in [4.69, 9.17) is 5.73 Å². The summed E-state index contributed by atoms with van der Waals surface area (Å²) in [6.45, 7) is 0. The quantitative estimate of drug-likeness (QED) is 0.757. The van der Waals surface area contributed by atoms with Crippen LogP contribution in [0.5, 0.6) is 0 Å². The van der Waals surface area contributed by atoms with E-state index in [1.54, 1.807) is 12.1 Å². The zero-order valence-corrected chi connectivity index (χ0v) is 10.5. The van der Waals surface area contributed by atoms with Gasteiger partial charge < -0.3 is 16.2 Å². The number of nitrogens with two attached hydrogens (primary N) is 1. The molecular formula is C13H17N3O3. The fourth-order valence-electron chi connectivity index (χ4n) is 2.44. The first-order valence-electron chi connectivity index (χ1n) is 6.34. The van der Waals surface area contributed by atoms with E-state index in [9.17, 15) is 14.7 Å². The van der Waals surface area contributed by atoms with Crippen molar-refractivity contribution in [3.05, 3.63) is 23.9 Å². The second-order valence-corrected chi connectivity index (χ2v) is 4.75. The van der Waals surface area contributed by atoms with Crippen LogP contribution >= 0.6 is 0 Å². The van der Waals surface area contributed by atoms with Gasteiger partial charge in [-0.05, 0) is 25.0 Å². The van der Waals surface area contributed by atoms with Crippen molar-refractivity contribution in [2.75, 3.05) is 5.32 Å². The Bertz CT molecular complexity index is 490. The fourth-order valence-corrected chi connectivity index (χ4v) is 2.44. The summed E-state index contributed by atoms with van der Waals surface area (Å²) in [4.78, 5) is 26.3. The Labute approximate surface area is 111 Å². The van der Waals surface area contributed by atoms with E-state index in [1.807, 2.05) is 0 Å². The Morgan fingerprint density at radius 3 is 2.74 bits per heavy atom. The van der Waals surface area contributed by atoms with Gasteiger partial charge in [-0.25, -0.2) is 4.98 Å². The number of hydrogen-bond donors (Lipinski definition) is 3. The molecule has 0 spiro atoms. The molecular weight excluding hydrogens is 246 g/mol. The molecule has 0 radical (unpaired) electrons. The molecule has 1 aromatic heterocycles. The summed E-state index contributed by atoms with van der Waals surface area (Å²) in [5.74, 6) is -1.30. The number of pyridine rings is 1. The number of aromatic nitrogens is 1. The van der Waals surface area contributed by atoms with Crippen molar-refractivity contribution in [3.8, 4) is 0 Å². The lowest BCUT2D eigenvalue weighted by Crippen LogP contribution is -2.37. The first-order chi connectivity index (χ1) is 9.08. The topological polar surface area (TPSA) is 105 Å². The van der Waals surface area contributed by atoms with Crippen molar-refractivity contribution in [1.29, 1.82) is 0 Å². The van der Waals surface area contributed by atoms with Gasteiger partial charge in [0.2, 0.25) is 0 Å². The zero-order valence-electron chi connectivity index (χ0n) is 10.5. The number of hydrogen-bond acceptors (Lipinski definition) is 4. The van der Waals surface area contributed by atoms with E-state index in [2.05, 4.69) is 10.3 Å². The van der Waals surface area contributed by atoms with Crippen LogP contribution in [0.1, 0.15) is 36.2 Å². The van der Waals surface area contributed by atoms with Crippen LogP contribution in [-0.2, 0) is 4.79 Å². The van der Waals surface area contributed by atoms with Gasteiger partial charge in [0, 0.05) is 6.04 Å². The molecule has 1 fully saturated rings. The second-order valence-electron chi connectivity index (χ2n) is 4.75. The van der Waals surface area contributed by atoms with Gasteiger partial charge in [0.25, 0.3) is 5.91 Å². The highest BCUT2D eigenvalue weighted by atomic mass is 16.4. The average molecular weight is 263 g/mol. The monoisotopic (exact) mass is 263 g/mol. The summed E-state index contributed by atoms with van der Waals surface area (Å²) in [7, 11) is 0. The summed E-state index contributed by atoms with van der Waals surface area (Å²) in [6.07, 6.45) is 3.39. The molecule has 2 rings (SSSR count). The van der Waals surface area contributed by atoms with E-state index in [0.717, 1.165) is 19.3 Å². The van der Waals surface area contributed by atoms with E-state index in [0.29, 0.717) is 12.2 Å². The summed E-state index contributed by atoms with van der Waals surface area (Å²) >= 11 is 0. The Morgan fingerprint density at radius 1 is 1.32 bits per heavy atom. The highest BCUT2D eigenvalue weighted by Gasteiger charge is 2.30. The molecule has 2 unspecified atom stereocenters. The molecule has 19 heavy (non-hydrogen) atoms. The molecule has 0 saturated heterocycles. The molecule has 0 bridgehead atoms. The van der Waals surface area contributed by atoms with E-state index < -0.39 is 17.8 Å². The van der Waals surface area contributed by atoms with Crippen LogP contribution in [0.3, 0.4) is 0 Å². The number of carbonyl (C=O) groups is 2. The zero-order chi connectivity index (χ0) is 13.8. The van der Waals surface area contributed by atoms with Gasteiger partial charge >= 0.3 is 5.97 Å². The van der Waals surface area contributed by atoms with Crippen LogP contribution in [0.4, 0.5) is 5.82 Å². The number of carboxylic acid groups (broad SMARTS) is 1. The first-order valence-corrected chi connectivity index (χ1v) is 6.34. The van der Waals surface area contributed by atoms with Gasteiger partial charge in [0.1, 0.15) is 11.5 Å². The minimum absolute atomic E-state index is 0.151. The van der Waals surface area contributed by atoms with Gasteiger partial charge in [0.15, 0.2) is 0 Å². The minimum Gasteiger partial charge on any atom is -0.481 e. The van der Waals surface area contributed by atoms with Crippen LogP contribution < -0.4 is 11.1 Å². The Balaban J connectivity index is 2.12. The van der Waals surface area contributed by atoms with E-state index in [-0.39, 0.29) is 11.7 Å². The third-order valence-electron chi connectivity index (χ3n) is 3.42. The molecule has 1 saturated carbocycles. The number of primary amides is 1. The standard InChI is InChI=1S/C13H17N3O3/c14-12(17)10-6-3-7-11(16-10)15-9-5-2-1-4-8(9)13(18)19/h3,6-9H,1-2,4-5H2,(H2,14,17)(H,15,16)(H,18,19). The van der Waals surface area contributed by atoms with E-state index in [1.165, 1.54) is 6.07 Å². The highest BCUT2D eigenvalue weighted by Crippen LogP contribution is 2.27. The van der Waals surface area contributed by atoms with Gasteiger partial charge in [-0.2, -0.15) is 0 Å². The first kappa shape index (κ1) is 13.3. The molecule has 1 aliphatic rings. The van der Waals surface area contributed by atoms with Gasteiger partial charge in [-0.15, -0.1) is 0 Å². The fraction of sp³-hybridized carbons (Fsp3) is 0.462. The number of anilines is 1. The Hall–Kier alpha value is -2.11. The van der Waals surface area contributed by atoms with Crippen molar-refractivity contribution in [2.24, 2.45) is 11.7 Å². The number of aliphatic carboxylic acids is 1. The minimum atomic E-state index is -0.789. The Morgan fingerprint density at radius 2 is 2.05 bits per heavy atom. The van der Waals surface area contributed by atoms with Crippen molar-refractivity contribution >= 4 is 17.7 Å². The van der Waals surface area contributed by atoms with Crippen LogP contribution in [0.25, 0.3) is 0 Å². The summed E-state index contributed by atoms with van der Waals surface area (Å²) < 4.78 is 0. The number of amides is 1. The number of carbonyl (C=O) groups excluding carboxylic acids is 1. The smallest absolute Gasteiger partial charge is 0.308 e. The third kappa shape index (κ3) is 3.21. The summed E-state index contributed by atoms with van der Waals surface area (Å²) in [6, 6.07) is 4.76. The lowest BCUT2D eigenvalue weighted by Gasteiger charge is -2.29. The predicted octanol–water partition coefficient (Wildman–Crippen LogP) is 1.24. The predicted molar refractivity (Wildman–Crippen MR) is 69.8 cm³/mol. The second kappa shape index (κ2) is 5.69. The highest BCUT2D eigenvalue weighted by molar-refractivity contribution is 5.91. The average Bonchev–Trinajstić information content (AvgIpc) is 2.39. The summed E-state index contributed by atoms with van der Waals surface area (Å²) in [5.41, 5.74) is 5.34. The molecule has 6 nitrogen and oxygen atoms in total. The maximum absolute atomic E-state index is 11.2. The third-order valence-corrected chi connectivity index (χ3v) is 3.42. The maximum Gasteiger partial charge on any atom is 0.308 e. The number of nitrogens with one attached hydrogen (secondary N) is 1. The van der Waals surface area contributed by atoms with Gasteiger partial charge in [-0.1, -0.05) is 18.9 Å². The van der Waals surface area contributed by atoms with E-state index >= 15 is 0 Å². The number of nitrogens with zero attached hydrogens (tertiary/aromatic N) is 1. The molecule has 0 aromatic carbocycles.